The molecule has 0 aromatic heterocycles. The van der Waals surface area contributed by atoms with Crippen LogP contribution in [0.5, 0.6) is 0 Å². The zero-order valence-electron chi connectivity index (χ0n) is 13.3. The first-order valence-electron chi connectivity index (χ1n) is 7.16. The average molecular weight is 368 g/mol. The molecule has 24 heavy (non-hydrogen) atoms. The Bertz CT molecular complexity index is 845. The summed E-state index contributed by atoms with van der Waals surface area (Å²) in [6.45, 7) is 1.54. The van der Waals surface area contributed by atoms with E-state index >= 15 is 0 Å². The molecule has 2 rings (SSSR count). The molecule has 1 atom stereocenters. The number of sulfone groups is 1. The summed E-state index contributed by atoms with van der Waals surface area (Å²) >= 11 is 5.82. The molecule has 0 spiro atoms. The van der Waals surface area contributed by atoms with Crippen molar-refractivity contribution in [1.82, 2.24) is 5.32 Å². The minimum Gasteiger partial charge on any atom is -0.384 e. The number of hydrogen-bond donors (Lipinski definition) is 2. The largest absolute Gasteiger partial charge is 0.384 e. The highest BCUT2D eigenvalue weighted by Gasteiger charge is 2.24. The minimum absolute atomic E-state index is 0.0312. The van der Waals surface area contributed by atoms with E-state index in [-0.39, 0.29) is 17.0 Å². The van der Waals surface area contributed by atoms with Gasteiger partial charge in [0.2, 0.25) is 0 Å². The molecule has 0 fully saturated rings. The molecule has 0 aliphatic heterocycles. The van der Waals surface area contributed by atoms with Gasteiger partial charge in [0.15, 0.2) is 9.84 Å². The second kappa shape index (κ2) is 6.93. The van der Waals surface area contributed by atoms with Gasteiger partial charge in [0.25, 0.3) is 5.91 Å². The summed E-state index contributed by atoms with van der Waals surface area (Å²) in [5.74, 6) is -0.463. The average Bonchev–Trinajstić information content (AvgIpc) is 2.52. The summed E-state index contributed by atoms with van der Waals surface area (Å²) in [5.41, 5.74) is -0.462. The number of amides is 1. The van der Waals surface area contributed by atoms with E-state index in [1.54, 1.807) is 31.2 Å². The molecule has 1 unspecified atom stereocenters. The van der Waals surface area contributed by atoms with Gasteiger partial charge in [0.05, 0.1) is 11.4 Å². The Balaban J connectivity index is 2.11. The van der Waals surface area contributed by atoms with Crippen LogP contribution >= 0.6 is 11.6 Å². The van der Waals surface area contributed by atoms with Crippen molar-refractivity contribution in [2.75, 3.05) is 12.8 Å². The predicted molar refractivity (Wildman–Crippen MR) is 92.9 cm³/mol. The lowest BCUT2D eigenvalue weighted by atomic mass is 9.96. The van der Waals surface area contributed by atoms with Crippen LogP contribution < -0.4 is 5.32 Å². The molecule has 0 bridgehead atoms. The molecular weight excluding hydrogens is 350 g/mol. The van der Waals surface area contributed by atoms with Crippen molar-refractivity contribution >= 4 is 27.3 Å². The minimum atomic E-state index is -3.39. The van der Waals surface area contributed by atoms with Gasteiger partial charge in [-0.1, -0.05) is 29.8 Å². The molecule has 2 aromatic rings. The van der Waals surface area contributed by atoms with Gasteiger partial charge in [0, 0.05) is 16.8 Å². The topological polar surface area (TPSA) is 83.5 Å². The Morgan fingerprint density at radius 2 is 1.83 bits per heavy atom. The third-order valence-corrected chi connectivity index (χ3v) is 4.95. The van der Waals surface area contributed by atoms with Gasteiger partial charge in [0.1, 0.15) is 5.60 Å². The normalized spacial score (nSPS) is 14.0. The lowest BCUT2D eigenvalue weighted by Crippen LogP contribution is -2.38. The van der Waals surface area contributed by atoms with Crippen LogP contribution in [0.15, 0.2) is 53.4 Å². The van der Waals surface area contributed by atoms with Crippen LogP contribution in [0.3, 0.4) is 0 Å². The molecule has 128 valence electrons. The fourth-order valence-electron chi connectivity index (χ4n) is 2.13. The van der Waals surface area contributed by atoms with Crippen LogP contribution in [-0.2, 0) is 15.4 Å². The van der Waals surface area contributed by atoms with E-state index in [4.69, 9.17) is 11.6 Å². The zero-order valence-corrected chi connectivity index (χ0v) is 14.9. The van der Waals surface area contributed by atoms with Gasteiger partial charge in [-0.15, -0.1) is 0 Å². The van der Waals surface area contributed by atoms with Crippen molar-refractivity contribution in [1.29, 1.82) is 0 Å². The number of carbonyl (C=O) groups excluding carboxylic acids is 1. The number of aliphatic hydroxyl groups is 1. The van der Waals surface area contributed by atoms with Gasteiger partial charge in [-0.3, -0.25) is 4.79 Å². The maximum atomic E-state index is 12.2. The van der Waals surface area contributed by atoms with Crippen molar-refractivity contribution in [2.45, 2.75) is 17.4 Å². The highest BCUT2D eigenvalue weighted by atomic mass is 35.5. The third kappa shape index (κ3) is 4.56. The van der Waals surface area contributed by atoms with Crippen molar-refractivity contribution in [3.8, 4) is 0 Å². The molecular formula is C17H18ClNO4S. The fraction of sp³-hybridized carbons (Fsp3) is 0.235. The third-order valence-electron chi connectivity index (χ3n) is 3.58. The second-order valence-electron chi connectivity index (χ2n) is 5.76. The van der Waals surface area contributed by atoms with Crippen LogP contribution in [-0.4, -0.2) is 32.2 Å². The Hall–Kier alpha value is -1.89. The second-order valence-corrected chi connectivity index (χ2v) is 8.22. The lowest BCUT2D eigenvalue weighted by molar-refractivity contribution is 0.0526. The summed E-state index contributed by atoms with van der Waals surface area (Å²) < 4.78 is 23.1. The Morgan fingerprint density at radius 3 is 2.42 bits per heavy atom. The molecule has 0 aliphatic rings. The number of benzene rings is 2. The highest BCUT2D eigenvalue weighted by molar-refractivity contribution is 7.90. The van der Waals surface area contributed by atoms with Crippen LogP contribution in [0, 0.1) is 0 Å². The lowest BCUT2D eigenvalue weighted by Gasteiger charge is -2.24. The number of rotatable bonds is 5. The molecule has 2 N–H and O–H groups in total. The number of hydrogen-bond acceptors (Lipinski definition) is 4. The maximum absolute atomic E-state index is 12.2. The van der Waals surface area contributed by atoms with Gasteiger partial charge < -0.3 is 10.4 Å². The first-order valence-corrected chi connectivity index (χ1v) is 9.43. The molecule has 0 saturated heterocycles. The fourth-order valence-corrected chi connectivity index (χ4v) is 2.93. The van der Waals surface area contributed by atoms with Crippen molar-refractivity contribution in [3.05, 3.63) is 64.7 Å². The molecule has 5 nitrogen and oxygen atoms in total. The summed E-state index contributed by atoms with van der Waals surface area (Å²) in [6.07, 6.45) is 1.08. The smallest absolute Gasteiger partial charge is 0.251 e. The number of halogens is 1. The highest BCUT2D eigenvalue weighted by Crippen LogP contribution is 2.22. The molecule has 7 heteroatoms. The van der Waals surface area contributed by atoms with Crippen LogP contribution in [0.25, 0.3) is 0 Å². The molecule has 0 aliphatic carbocycles. The van der Waals surface area contributed by atoms with E-state index in [1.165, 1.54) is 24.3 Å². The molecule has 1 amide bonds. The zero-order chi connectivity index (χ0) is 18.0. The van der Waals surface area contributed by atoms with Crippen molar-refractivity contribution in [2.24, 2.45) is 0 Å². The van der Waals surface area contributed by atoms with E-state index < -0.39 is 21.3 Å². The maximum Gasteiger partial charge on any atom is 0.251 e. The molecule has 0 heterocycles. The van der Waals surface area contributed by atoms with Gasteiger partial charge in [-0.05, 0) is 42.8 Å². The van der Waals surface area contributed by atoms with E-state index in [0.29, 0.717) is 10.6 Å². The summed E-state index contributed by atoms with van der Waals surface area (Å²) in [6, 6.07) is 12.4. The van der Waals surface area contributed by atoms with Gasteiger partial charge in [-0.25, -0.2) is 8.42 Å². The summed E-state index contributed by atoms with van der Waals surface area (Å²) in [7, 11) is -3.39. The summed E-state index contributed by atoms with van der Waals surface area (Å²) in [5, 5.41) is 13.7. The van der Waals surface area contributed by atoms with E-state index in [0.717, 1.165) is 6.26 Å². The standard InChI is InChI=1S/C17H18ClNO4S/c1-17(21,13-6-8-14(18)9-7-13)11-19-16(20)12-4-3-5-15(10-12)24(2,22)23/h3-10,21H,11H2,1-2H3,(H,19,20). The van der Waals surface area contributed by atoms with E-state index in [9.17, 15) is 18.3 Å². The quantitative estimate of drug-likeness (QED) is 0.849. The SMILES string of the molecule is CC(O)(CNC(=O)c1cccc(S(C)(=O)=O)c1)c1ccc(Cl)cc1. The monoisotopic (exact) mass is 367 g/mol. The Morgan fingerprint density at radius 1 is 1.21 bits per heavy atom. The Kier molecular flexibility index (Phi) is 5.32. The van der Waals surface area contributed by atoms with Gasteiger partial charge in [-0.2, -0.15) is 0 Å². The van der Waals surface area contributed by atoms with E-state index in [1.807, 2.05) is 0 Å². The van der Waals surface area contributed by atoms with Gasteiger partial charge >= 0.3 is 0 Å². The predicted octanol–water partition coefficient (Wildman–Crippen LogP) is 2.38. The first-order chi connectivity index (χ1) is 11.1. The van der Waals surface area contributed by atoms with Crippen LogP contribution in [0.4, 0.5) is 0 Å². The van der Waals surface area contributed by atoms with Crippen LogP contribution in [0.2, 0.25) is 5.02 Å². The summed E-state index contributed by atoms with van der Waals surface area (Å²) in [4.78, 5) is 12.3. The Labute approximate surface area is 146 Å². The van der Waals surface area contributed by atoms with Crippen molar-refractivity contribution < 1.29 is 18.3 Å². The number of carbonyl (C=O) groups is 1. The molecule has 2 aromatic carbocycles. The van der Waals surface area contributed by atoms with Crippen molar-refractivity contribution in [3.63, 3.8) is 0 Å². The van der Waals surface area contributed by atoms with Crippen LogP contribution in [0.1, 0.15) is 22.8 Å². The first kappa shape index (κ1) is 18.4. The number of nitrogens with one attached hydrogen (secondary N) is 1. The molecule has 0 saturated carbocycles. The molecule has 0 radical (unpaired) electrons. The van der Waals surface area contributed by atoms with E-state index in [2.05, 4.69) is 5.32 Å².